The smallest absolute Gasteiger partial charge is 0.236 e. The van der Waals surface area contributed by atoms with Crippen LogP contribution in [0.1, 0.15) is 12.8 Å². The van der Waals surface area contributed by atoms with Crippen LogP contribution in [0.25, 0.3) is 0 Å². The predicted molar refractivity (Wildman–Crippen MR) is 80.2 cm³/mol. The third kappa shape index (κ3) is 5.02. The first-order valence-corrected chi connectivity index (χ1v) is 7.36. The van der Waals surface area contributed by atoms with E-state index in [2.05, 4.69) is 5.32 Å². The van der Waals surface area contributed by atoms with Gasteiger partial charge in [0.05, 0.1) is 18.1 Å². The first kappa shape index (κ1) is 15.1. The summed E-state index contributed by atoms with van der Waals surface area (Å²) in [7, 11) is 1.79. The molecule has 1 aromatic rings. The Morgan fingerprint density at radius 1 is 1.45 bits per heavy atom. The van der Waals surface area contributed by atoms with Crippen LogP contribution in [-0.4, -0.2) is 44.1 Å². The van der Waals surface area contributed by atoms with Crippen LogP contribution in [0.3, 0.4) is 0 Å². The summed E-state index contributed by atoms with van der Waals surface area (Å²) in [5.74, 6) is 1.53. The van der Waals surface area contributed by atoms with Crippen LogP contribution in [0, 0.1) is 5.92 Å². The number of halogens is 1. The second kappa shape index (κ2) is 7.50. The summed E-state index contributed by atoms with van der Waals surface area (Å²) in [5, 5.41) is 3.78. The lowest BCUT2D eigenvalue weighted by Gasteiger charge is -2.18. The summed E-state index contributed by atoms with van der Waals surface area (Å²) in [6.07, 6.45) is 2.59. The van der Waals surface area contributed by atoms with Gasteiger partial charge in [0.2, 0.25) is 5.91 Å². The van der Waals surface area contributed by atoms with Crippen molar-refractivity contribution in [1.29, 1.82) is 0 Å². The van der Waals surface area contributed by atoms with E-state index in [1.165, 1.54) is 12.8 Å². The number of benzene rings is 1. The Morgan fingerprint density at radius 2 is 2.20 bits per heavy atom. The highest BCUT2D eigenvalue weighted by Gasteiger charge is 2.20. The number of carbonyl (C=O) groups is 1. The highest BCUT2D eigenvalue weighted by Crippen LogP contribution is 2.27. The molecule has 0 radical (unpaired) electrons. The molecule has 0 aliphatic heterocycles. The van der Waals surface area contributed by atoms with Gasteiger partial charge in [-0.3, -0.25) is 4.79 Å². The zero-order valence-corrected chi connectivity index (χ0v) is 12.5. The molecule has 0 atom stereocenters. The van der Waals surface area contributed by atoms with Gasteiger partial charge in [-0.2, -0.15) is 0 Å². The Kier molecular flexibility index (Phi) is 5.68. The number of hydrogen-bond acceptors (Lipinski definition) is 3. The van der Waals surface area contributed by atoms with E-state index in [9.17, 15) is 4.79 Å². The molecule has 1 saturated carbocycles. The maximum atomic E-state index is 11.8. The van der Waals surface area contributed by atoms with E-state index < -0.39 is 0 Å². The normalized spacial score (nSPS) is 14.1. The first-order chi connectivity index (χ1) is 9.66. The number of likely N-dealkylation sites (N-methyl/N-ethyl adjacent to an activating group) is 1. The summed E-state index contributed by atoms with van der Waals surface area (Å²) in [4.78, 5) is 13.5. The van der Waals surface area contributed by atoms with Crippen molar-refractivity contribution in [2.24, 2.45) is 5.92 Å². The third-order valence-corrected chi connectivity index (χ3v) is 3.67. The quantitative estimate of drug-likeness (QED) is 0.799. The molecule has 4 nitrogen and oxygen atoms in total. The summed E-state index contributed by atoms with van der Waals surface area (Å²) in [6, 6.07) is 7.34. The van der Waals surface area contributed by atoms with Crippen LogP contribution in [0.15, 0.2) is 24.3 Å². The Labute approximate surface area is 125 Å². The minimum atomic E-state index is 0.0911. The number of ether oxygens (including phenoxy) is 1. The molecule has 5 heteroatoms. The third-order valence-electron chi connectivity index (χ3n) is 3.35. The molecule has 0 spiro atoms. The fourth-order valence-electron chi connectivity index (χ4n) is 1.82. The minimum absolute atomic E-state index is 0.0911. The number of carbonyl (C=O) groups excluding carboxylic acids is 1. The standard InChI is InChI=1S/C15H21ClN2O2/c1-18(15(19)11-17-10-12-6-7-12)8-9-20-14-5-3-2-4-13(14)16/h2-5,12,17H,6-11H2,1H3. The highest BCUT2D eigenvalue weighted by atomic mass is 35.5. The molecule has 0 unspecified atom stereocenters. The van der Waals surface area contributed by atoms with Gasteiger partial charge in [0, 0.05) is 7.05 Å². The van der Waals surface area contributed by atoms with Crippen LogP contribution in [-0.2, 0) is 4.79 Å². The van der Waals surface area contributed by atoms with Gasteiger partial charge in [-0.05, 0) is 37.4 Å². The van der Waals surface area contributed by atoms with E-state index in [1.807, 2.05) is 18.2 Å². The van der Waals surface area contributed by atoms with Crippen molar-refractivity contribution in [3.63, 3.8) is 0 Å². The summed E-state index contributed by atoms with van der Waals surface area (Å²) in [5.41, 5.74) is 0. The molecule has 2 rings (SSSR count). The Morgan fingerprint density at radius 3 is 2.90 bits per heavy atom. The van der Waals surface area contributed by atoms with Crippen molar-refractivity contribution in [2.75, 3.05) is 33.3 Å². The number of amides is 1. The molecular weight excluding hydrogens is 276 g/mol. The zero-order chi connectivity index (χ0) is 14.4. The van der Waals surface area contributed by atoms with E-state index >= 15 is 0 Å². The van der Waals surface area contributed by atoms with Gasteiger partial charge < -0.3 is 15.0 Å². The summed E-state index contributed by atoms with van der Waals surface area (Å²) >= 11 is 5.99. The fraction of sp³-hybridized carbons (Fsp3) is 0.533. The van der Waals surface area contributed by atoms with Crippen molar-refractivity contribution < 1.29 is 9.53 Å². The molecule has 0 saturated heterocycles. The molecule has 1 aliphatic carbocycles. The van der Waals surface area contributed by atoms with E-state index in [0.29, 0.717) is 30.5 Å². The molecule has 0 aromatic heterocycles. The van der Waals surface area contributed by atoms with Gasteiger partial charge in [0.25, 0.3) is 0 Å². The van der Waals surface area contributed by atoms with Crippen LogP contribution in [0.4, 0.5) is 0 Å². The Hall–Kier alpha value is -1.26. The second-order valence-electron chi connectivity index (χ2n) is 5.17. The van der Waals surface area contributed by atoms with Gasteiger partial charge in [-0.1, -0.05) is 23.7 Å². The maximum absolute atomic E-state index is 11.8. The van der Waals surface area contributed by atoms with Crippen molar-refractivity contribution in [3.05, 3.63) is 29.3 Å². The van der Waals surface area contributed by atoms with Crippen LogP contribution < -0.4 is 10.1 Å². The highest BCUT2D eigenvalue weighted by molar-refractivity contribution is 6.32. The molecule has 1 aliphatic rings. The molecular formula is C15H21ClN2O2. The lowest BCUT2D eigenvalue weighted by atomic mass is 10.3. The molecule has 1 N–H and O–H groups in total. The van der Waals surface area contributed by atoms with Crippen molar-refractivity contribution in [2.45, 2.75) is 12.8 Å². The number of rotatable bonds is 8. The molecule has 1 aromatic carbocycles. The molecule has 110 valence electrons. The summed E-state index contributed by atoms with van der Waals surface area (Å²) < 4.78 is 5.56. The van der Waals surface area contributed by atoms with Gasteiger partial charge in [-0.25, -0.2) is 0 Å². The number of nitrogens with zero attached hydrogens (tertiary/aromatic N) is 1. The average Bonchev–Trinajstić information content (AvgIpc) is 3.25. The van der Waals surface area contributed by atoms with Crippen molar-refractivity contribution >= 4 is 17.5 Å². The van der Waals surface area contributed by atoms with Crippen molar-refractivity contribution in [1.82, 2.24) is 10.2 Å². The van der Waals surface area contributed by atoms with Crippen LogP contribution in [0.5, 0.6) is 5.75 Å². The first-order valence-electron chi connectivity index (χ1n) is 6.99. The number of para-hydroxylation sites is 1. The lowest BCUT2D eigenvalue weighted by molar-refractivity contribution is -0.129. The van der Waals surface area contributed by atoms with Gasteiger partial charge >= 0.3 is 0 Å². The molecule has 1 amide bonds. The predicted octanol–water partition coefficient (Wildman–Crippen LogP) is 2.18. The molecule has 20 heavy (non-hydrogen) atoms. The molecule has 0 heterocycles. The van der Waals surface area contributed by atoms with Gasteiger partial charge in [-0.15, -0.1) is 0 Å². The average molecular weight is 297 g/mol. The van der Waals surface area contributed by atoms with Crippen LogP contribution in [0.2, 0.25) is 5.02 Å². The van der Waals surface area contributed by atoms with E-state index in [0.717, 1.165) is 12.5 Å². The number of hydrogen-bond donors (Lipinski definition) is 1. The maximum Gasteiger partial charge on any atom is 0.236 e. The van der Waals surface area contributed by atoms with Crippen molar-refractivity contribution in [3.8, 4) is 5.75 Å². The minimum Gasteiger partial charge on any atom is -0.490 e. The fourth-order valence-corrected chi connectivity index (χ4v) is 2.01. The zero-order valence-electron chi connectivity index (χ0n) is 11.8. The monoisotopic (exact) mass is 296 g/mol. The Bertz CT molecular complexity index is 449. The van der Waals surface area contributed by atoms with Crippen LogP contribution >= 0.6 is 11.6 Å². The topological polar surface area (TPSA) is 41.6 Å². The van der Waals surface area contributed by atoms with E-state index in [4.69, 9.17) is 16.3 Å². The largest absolute Gasteiger partial charge is 0.490 e. The van der Waals surface area contributed by atoms with Gasteiger partial charge in [0.15, 0.2) is 0 Å². The molecule has 0 bridgehead atoms. The summed E-state index contributed by atoms with van der Waals surface area (Å²) in [6.45, 7) is 2.35. The second-order valence-corrected chi connectivity index (χ2v) is 5.58. The number of nitrogens with one attached hydrogen (secondary N) is 1. The SMILES string of the molecule is CN(CCOc1ccccc1Cl)C(=O)CNCC1CC1. The van der Waals surface area contributed by atoms with E-state index in [-0.39, 0.29) is 5.91 Å². The Balaban J connectivity index is 1.62. The van der Waals surface area contributed by atoms with E-state index in [1.54, 1.807) is 18.0 Å². The van der Waals surface area contributed by atoms with Gasteiger partial charge in [0.1, 0.15) is 12.4 Å². The molecule has 1 fully saturated rings. The lowest BCUT2D eigenvalue weighted by Crippen LogP contribution is -2.38.